The molecule has 0 bridgehead atoms. The smallest absolute Gasteiger partial charge is 0.308 e. The van der Waals surface area contributed by atoms with Crippen molar-refractivity contribution >= 4 is 17.8 Å². The molecule has 0 radical (unpaired) electrons. The summed E-state index contributed by atoms with van der Waals surface area (Å²) in [5.41, 5.74) is 1.10. The van der Waals surface area contributed by atoms with Gasteiger partial charge < -0.3 is 20.7 Å². The van der Waals surface area contributed by atoms with Crippen LogP contribution in [0.25, 0.3) is 0 Å². The molecule has 1 aromatic rings. The van der Waals surface area contributed by atoms with Gasteiger partial charge in [-0.1, -0.05) is 0 Å². The predicted octanol–water partition coefficient (Wildman–Crippen LogP) is 1.63. The van der Waals surface area contributed by atoms with E-state index in [2.05, 4.69) is 16.0 Å². The van der Waals surface area contributed by atoms with Crippen LogP contribution in [0.2, 0.25) is 0 Å². The van der Waals surface area contributed by atoms with Gasteiger partial charge in [0.1, 0.15) is 0 Å². The molecule has 2 fully saturated rings. The Kier molecular flexibility index (Phi) is 7.03. The summed E-state index contributed by atoms with van der Waals surface area (Å²) < 4.78 is 4.79. The molecule has 1 saturated heterocycles. The van der Waals surface area contributed by atoms with Crippen LogP contribution in [0.5, 0.6) is 0 Å². The lowest BCUT2D eigenvalue weighted by Gasteiger charge is -2.27. The van der Waals surface area contributed by atoms with E-state index in [9.17, 15) is 14.4 Å². The van der Waals surface area contributed by atoms with Crippen LogP contribution in [0.1, 0.15) is 59.2 Å². The van der Waals surface area contributed by atoms with E-state index in [1.807, 2.05) is 0 Å². The summed E-state index contributed by atoms with van der Waals surface area (Å²) in [6.07, 6.45) is 4.86. The van der Waals surface area contributed by atoms with Gasteiger partial charge in [0.05, 0.1) is 13.0 Å². The summed E-state index contributed by atoms with van der Waals surface area (Å²) in [7, 11) is 1.41. The molecule has 7 nitrogen and oxygen atoms in total. The molecule has 1 heterocycles. The quantitative estimate of drug-likeness (QED) is 0.668. The van der Waals surface area contributed by atoms with Gasteiger partial charge in [0.25, 0.3) is 11.8 Å². The standard InChI is InChI=1S/C21H29N3O4/c1-28-21(27)16-6-8-17(9-7-16)23-19(25)14-2-4-15(5-3-14)20(26)24-18-10-12-22-13-11-18/h2-5,16-18,22H,6-13H2,1H3,(H,23,25)(H,24,26). The molecule has 1 aliphatic carbocycles. The van der Waals surface area contributed by atoms with Crippen LogP contribution in [0, 0.1) is 5.92 Å². The van der Waals surface area contributed by atoms with Crippen LogP contribution < -0.4 is 16.0 Å². The van der Waals surface area contributed by atoms with Gasteiger partial charge in [-0.2, -0.15) is 0 Å². The molecule has 1 saturated carbocycles. The summed E-state index contributed by atoms with van der Waals surface area (Å²) in [5, 5.41) is 9.35. The van der Waals surface area contributed by atoms with Crippen molar-refractivity contribution in [3.05, 3.63) is 35.4 Å². The highest BCUT2D eigenvalue weighted by Gasteiger charge is 2.27. The summed E-state index contributed by atoms with van der Waals surface area (Å²) in [4.78, 5) is 36.4. The predicted molar refractivity (Wildman–Crippen MR) is 105 cm³/mol. The number of carbonyl (C=O) groups excluding carboxylic acids is 3. The molecule has 1 aliphatic heterocycles. The van der Waals surface area contributed by atoms with Crippen LogP contribution in [-0.2, 0) is 9.53 Å². The van der Waals surface area contributed by atoms with Crippen molar-refractivity contribution in [1.29, 1.82) is 0 Å². The van der Waals surface area contributed by atoms with Crippen molar-refractivity contribution in [3.8, 4) is 0 Å². The lowest BCUT2D eigenvalue weighted by atomic mass is 9.86. The topological polar surface area (TPSA) is 96.5 Å². The molecule has 28 heavy (non-hydrogen) atoms. The van der Waals surface area contributed by atoms with Crippen molar-refractivity contribution in [2.45, 2.75) is 50.6 Å². The largest absolute Gasteiger partial charge is 0.469 e. The number of hydrogen-bond donors (Lipinski definition) is 3. The van der Waals surface area contributed by atoms with Crippen molar-refractivity contribution in [3.63, 3.8) is 0 Å². The second-order valence-electron chi connectivity index (χ2n) is 7.62. The molecular weight excluding hydrogens is 358 g/mol. The monoisotopic (exact) mass is 387 g/mol. The number of nitrogens with one attached hydrogen (secondary N) is 3. The van der Waals surface area contributed by atoms with E-state index >= 15 is 0 Å². The maximum Gasteiger partial charge on any atom is 0.308 e. The maximum atomic E-state index is 12.5. The van der Waals surface area contributed by atoms with Gasteiger partial charge in [0.15, 0.2) is 0 Å². The molecule has 3 N–H and O–H groups in total. The highest BCUT2D eigenvalue weighted by atomic mass is 16.5. The number of esters is 1. The summed E-state index contributed by atoms with van der Waals surface area (Å²) in [6.45, 7) is 1.84. The van der Waals surface area contributed by atoms with Crippen molar-refractivity contribution in [2.24, 2.45) is 5.92 Å². The number of hydrogen-bond acceptors (Lipinski definition) is 5. The summed E-state index contributed by atoms with van der Waals surface area (Å²) in [5.74, 6) is -0.467. The molecule has 0 atom stereocenters. The average molecular weight is 387 g/mol. The van der Waals surface area contributed by atoms with Gasteiger partial charge in [-0.05, 0) is 75.9 Å². The Bertz CT molecular complexity index is 690. The molecule has 152 valence electrons. The van der Waals surface area contributed by atoms with E-state index in [-0.39, 0.29) is 35.8 Å². The third-order valence-corrected chi connectivity index (χ3v) is 5.68. The van der Waals surface area contributed by atoms with Gasteiger partial charge in [0, 0.05) is 23.2 Å². The Labute approximate surface area is 165 Å². The first-order chi connectivity index (χ1) is 13.6. The van der Waals surface area contributed by atoms with Gasteiger partial charge in [0.2, 0.25) is 0 Å². The fourth-order valence-corrected chi connectivity index (χ4v) is 3.92. The molecule has 7 heteroatoms. The van der Waals surface area contributed by atoms with E-state index in [4.69, 9.17) is 4.74 Å². The second kappa shape index (κ2) is 9.68. The number of piperidine rings is 1. The van der Waals surface area contributed by atoms with E-state index in [1.165, 1.54) is 7.11 Å². The lowest BCUT2D eigenvalue weighted by Crippen LogP contribution is -2.42. The van der Waals surface area contributed by atoms with E-state index in [1.54, 1.807) is 24.3 Å². The fourth-order valence-electron chi connectivity index (χ4n) is 3.92. The minimum absolute atomic E-state index is 0.0594. The molecule has 0 aromatic heterocycles. The third kappa shape index (κ3) is 5.32. The zero-order valence-electron chi connectivity index (χ0n) is 16.3. The van der Waals surface area contributed by atoms with Crippen LogP contribution in [0.15, 0.2) is 24.3 Å². The summed E-state index contributed by atoms with van der Waals surface area (Å²) >= 11 is 0. The minimum Gasteiger partial charge on any atom is -0.469 e. The Balaban J connectivity index is 1.48. The lowest BCUT2D eigenvalue weighted by molar-refractivity contribution is -0.146. The molecule has 0 unspecified atom stereocenters. The normalized spacial score (nSPS) is 22.9. The third-order valence-electron chi connectivity index (χ3n) is 5.68. The molecular formula is C21H29N3O4. The average Bonchev–Trinajstić information content (AvgIpc) is 2.74. The summed E-state index contributed by atoms with van der Waals surface area (Å²) in [6, 6.07) is 7.03. The zero-order valence-corrected chi connectivity index (χ0v) is 16.3. The number of carbonyl (C=O) groups is 3. The Morgan fingerprint density at radius 3 is 1.75 bits per heavy atom. The highest BCUT2D eigenvalue weighted by molar-refractivity contribution is 5.98. The molecule has 2 aliphatic rings. The van der Waals surface area contributed by atoms with Gasteiger partial charge in [-0.15, -0.1) is 0 Å². The number of ether oxygens (including phenoxy) is 1. The van der Waals surface area contributed by atoms with Crippen molar-refractivity contribution in [2.75, 3.05) is 20.2 Å². The van der Waals surface area contributed by atoms with Crippen molar-refractivity contribution in [1.82, 2.24) is 16.0 Å². The number of benzene rings is 1. The van der Waals surface area contributed by atoms with Crippen molar-refractivity contribution < 1.29 is 19.1 Å². The second-order valence-corrected chi connectivity index (χ2v) is 7.62. The van der Waals surface area contributed by atoms with E-state index in [0.29, 0.717) is 11.1 Å². The van der Waals surface area contributed by atoms with E-state index < -0.39 is 0 Å². The first-order valence-electron chi connectivity index (χ1n) is 10.1. The zero-order chi connectivity index (χ0) is 19.9. The first kappa shape index (κ1) is 20.3. The fraction of sp³-hybridized carbons (Fsp3) is 0.571. The molecule has 1 aromatic carbocycles. The number of methoxy groups -OCH3 is 1. The number of rotatable bonds is 5. The molecule has 3 rings (SSSR count). The van der Waals surface area contributed by atoms with Crippen LogP contribution in [0.3, 0.4) is 0 Å². The maximum absolute atomic E-state index is 12.5. The molecule has 2 amide bonds. The highest BCUT2D eigenvalue weighted by Crippen LogP contribution is 2.25. The Morgan fingerprint density at radius 2 is 1.29 bits per heavy atom. The first-order valence-corrected chi connectivity index (χ1v) is 10.1. The van der Waals surface area contributed by atoms with Gasteiger partial charge >= 0.3 is 5.97 Å². The van der Waals surface area contributed by atoms with Crippen LogP contribution >= 0.6 is 0 Å². The van der Waals surface area contributed by atoms with E-state index in [0.717, 1.165) is 51.6 Å². The minimum atomic E-state index is -0.164. The van der Waals surface area contributed by atoms with Gasteiger partial charge in [-0.25, -0.2) is 0 Å². The Morgan fingerprint density at radius 1 is 0.821 bits per heavy atom. The van der Waals surface area contributed by atoms with Crippen LogP contribution in [-0.4, -0.2) is 50.1 Å². The van der Waals surface area contributed by atoms with Gasteiger partial charge in [-0.3, -0.25) is 14.4 Å². The Hall–Kier alpha value is -2.41. The molecule has 0 spiro atoms. The number of amides is 2. The van der Waals surface area contributed by atoms with Crippen LogP contribution in [0.4, 0.5) is 0 Å². The SMILES string of the molecule is COC(=O)C1CCC(NC(=O)c2ccc(C(=O)NC3CCNCC3)cc2)CC1.